The summed E-state index contributed by atoms with van der Waals surface area (Å²) in [7, 11) is -4.62. The van der Waals surface area contributed by atoms with Crippen LogP contribution in [0.25, 0.3) is 0 Å². The van der Waals surface area contributed by atoms with E-state index < -0.39 is 34.6 Å². The predicted molar refractivity (Wildman–Crippen MR) is 113 cm³/mol. The van der Waals surface area contributed by atoms with E-state index in [0.717, 1.165) is 5.69 Å². The van der Waals surface area contributed by atoms with E-state index in [1.807, 2.05) is 13.8 Å². The average molecular weight is 434 g/mol. The van der Waals surface area contributed by atoms with Gasteiger partial charge in [0.15, 0.2) is 5.78 Å². The average Bonchev–Trinajstić information content (AvgIpc) is 2.67. The fourth-order valence-electron chi connectivity index (χ4n) is 2.88. The van der Waals surface area contributed by atoms with Crippen molar-refractivity contribution in [2.75, 3.05) is 6.54 Å². The molecule has 0 radical (unpaired) electrons. The maximum Gasteiger partial charge on any atom is 0.336 e. The third-order valence-corrected chi connectivity index (χ3v) is 5.35. The van der Waals surface area contributed by atoms with Crippen LogP contribution >= 0.6 is 0 Å². The van der Waals surface area contributed by atoms with Crippen LogP contribution in [0.4, 0.5) is 0 Å². The number of aromatic nitrogens is 1. The number of nitrogens with one attached hydrogen (secondary N) is 1. The molecule has 9 heteroatoms. The maximum absolute atomic E-state index is 12.9. The van der Waals surface area contributed by atoms with E-state index in [9.17, 15) is 22.6 Å². The second-order valence-corrected chi connectivity index (χ2v) is 8.95. The van der Waals surface area contributed by atoms with Crippen LogP contribution in [0.15, 0.2) is 48.7 Å². The number of hydrogen-bond acceptors (Lipinski definition) is 5. The van der Waals surface area contributed by atoms with Crippen LogP contribution in [0.2, 0.25) is 0 Å². The normalized spacial score (nSPS) is 12.7. The summed E-state index contributed by atoms with van der Waals surface area (Å²) in [4.78, 5) is 29.5. The highest BCUT2D eigenvalue weighted by Crippen LogP contribution is 2.12. The minimum Gasteiger partial charge on any atom is -0.342 e. The summed E-state index contributed by atoms with van der Waals surface area (Å²) in [5, 5.41) is 2.67. The highest BCUT2D eigenvalue weighted by atomic mass is 32.2. The van der Waals surface area contributed by atoms with E-state index in [4.69, 9.17) is 0 Å². The van der Waals surface area contributed by atoms with Crippen molar-refractivity contribution in [3.05, 3.63) is 65.5 Å². The van der Waals surface area contributed by atoms with Crippen molar-refractivity contribution in [2.45, 2.75) is 39.8 Å². The zero-order valence-corrected chi connectivity index (χ0v) is 18.1. The van der Waals surface area contributed by atoms with Gasteiger partial charge < -0.3 is 5.32 Å². The lowest BCUT2D eigenvalue weighted by atomic mass is 9.99. The lowest BCUT2D eigenvalue weighted by molar-refractivity contribution is -0.121. The number of benzene rings is 1. The molecule has 2 rings (SSSR count). The van der Waals surface area contributed by atoms with Crippen molar-refractivity contribution in [3.63, 3.8) is 0 Å². The van der Waals surface area contributed by atoms with Crippen LogP contribution in [-0.2, 0) is 21.6 Å². The van der Waals surface area contributed by atoms with Gasteiger partial charge in [0.1, 0.15) is 0 Å². The number of amides is 1. The number of rotatable bonds is 10. The summed E-state index contributed by atoms with van der Waals surface area (Å²) in [6.45, 7) is 4.87. The monoisotopic (exact) mass is 433 g/mol. The Morgan fingerprint density at radius 1 is 1.13 bits per heavy atom. The van der Waals surface area contributed by atoms with Crippen LogP contribution in [0.3, 0.4) is 0 Å². The molecule has 0 saturated heterocycles. The SMILES string of the molecule is Cc1ccc(C(=O)N[C@@H](CC(C)C)C(=O)CN(Cc2ccccc2)S(=O)(=O)O)cn1. The molecule has 30 heavy (non-hydrogen) atoms. The Morgan fingerprint density at radius 2 is 1.80 bits per heavy atom. The van der Waals surface area contributed by atoms with Gasteiger partial charge in [0, 0.05) is 18.4 Å². The van der Waals surface area contributed by atoms with E-state index in [-0.39, 0.29) is 12.5 Å². The van der Waals surface area contributed by atoms with E-state index >= 15 is 0 Å². The van der Waals surface area contributed by atoms with Crippen LogP contribution < -0.4 is 5.32 Å². The fraction of sp³-hybridized carbons (Fsp3) is 0.381. The van der Waals surface area contributed by atoms with E-state index in [2.05, 4.69) is 10.3 Å². The minimum absolute atomic E-state index is 0.0729. The van der Waals surface area contributed by atoms with Gasteiger partial charge in [0.05, 0.1) is 18.2 Å². The number of Topliss-reactive ketones (excluding diaryl/α,β-unsaturated/α-hetero) is 1. The molecule has 0 bridgehead atoms. The molecule has 1 heterocycles. The Morgan fingerprint density at radius 3 is 2.33 bits per heavy atom. The lowest BCUT2D eigenvalue weighted by Gasteiger charge is -2.23. The maximum atomic E-state index is 12.9. The number of carbonyl (C=O) groups excluding carboxylic acids is 2. The molecule has 8 nitrogen and oxygen atoms in total. The van der Waals surface area contributed by atoms with Crippen LogP contribution in [0.5, 0.6) is 0 Å². The first-order chi connectivity index (χ1) is 14.1. The summed E-state index contributed by atoms with van der Waals surface area (Å²) in [5.41, 5.74) is 1.68. The summed E-state index contributed by atoms with van der Waals surface area (Å²) in [5.74, 6) is -0.905. The molecular formula is C21H27N3O5S. The van der Waals surface area contributed by atoms with Gasteiger partial charge in [-0.3, -0.25) is 19.1 Å². The summed E-state index contributed by atoms with van der Waals surface area (Å²) < 4.78 is 33.9. The van der Waals surface area contributed by atoms with Crippen molar-refractivity contribution in [2.24, 2.45) is 5.92 Å². The Kier molecular flexibility index (Phi) is 8.22. The molecule has 0 unspecified atom stereocenters. The zero-order chi connectivity index (χ0) is 22.3. The van der Waals surface area contributed by atoms with Gasteiger partial charge in [-0.15, -0.1) is 0 Å². The van der Waals surface area contributed by atoms with E-state index in [1.165, 1.54) is 6.20 Å². The van der Waals surface area contributed by atoms with Gasteiger partial charge >= 0.3 is 10.3 Å². The molecule has 2 N–H and O–H groups in total. The van der Waals surface area contributed by atoms with E-state index in [1.54, 1.807) is 49.4 Å². The summed E-state index contributed by atoms with van der Waals surface area (Å²) >= 11 is 0. The first-order valence-electron chi connectivity index (χ1n) is 9.59. The molecule has 0 aliphatic carbocycles. The molecule has 1 amide bonds. The van der Waals surface area contributed by atoms with Crippen LogP contribution in [0, 0.1) is 12.8 Å². The molecule has 1 atom stereocenters. The van der Waals surface area contributed by atoms with Gasteiger partial charge in [-0.1, -0.05) is 44.2 Å². The molecule has 0 aliphatic heterocycles. The number of nitrogens with zero attached hydrogens (tertiary/aromatic N) is 2. The second-order valence-electron chi connectivity index (χ2n) is 7.54. The van der Waals surface area contributed by atoms with Crippen LogP contribution in [0.1, 0.15) is 41.9 Å². The lowest BCUT2D eigenvalue weighted by Crippen LogP contribution is -2.47. The second kappa shape index (κ2) is 10.4. The topological polar surface area (TPSA) is 117 Å². The van der Waals surface area contributed by atoms with Crippen molar-refractivity contribution in [3.8, 4) is 0 Å². The highest BCUT2D eigenvalue weighted by molar-refractivity contribution is 7.83. The van der Waals surface area contributed by atoms with Crippen LogP contribution in [-0.4, -0.2) is 46.5 Å². The van der Waals surface area contributed by atoms with Gasteiger partial charge in [-0.25, -0.2) is 0 Å². The minimum atomic E-state index is -4.62. The molecule has 2 aromatic rings. The first-order valence-corrected chi connectivity index (χ1v) is 11.0. The molecule has 0 fully saturated rings. The number of ketones is 1. The summed E-state index contributed by atoms with van der Waals surface area (Å²) in [6, 6.07) is 11.0. The number of hydrogen-bond donors (Lipinski definition) is 2. The van der Waals surface area contributed by atoms with Gasteiger partial charge in [-0.05, 0) is 37.0 Å². The number of carbonyl (C=O) groups is 2. The molecule has 162 valence electrons. The standard InChI is InChI=1S/C21H27N3O5S/c1-15(2)11-19(23-21(26)18-10-9-16(3)22-12-18)20(25)14-24(30(27,28)29)13-17-7-5-4-6-8-17/h4-10,12,15,19H,11,13-14H2,1-3H3,(H,23,26)(H,27,28,29)/t19-/m0/s1. The molecule has 1 aromatic heterocycles. The van der Waals surface area contributed by atoms with Crippen molar-refractivity contribution < 1.29 is 22.6 Å². The van der Waals surface area contributed by atoms with Crippen molar-refractivity contribution in [1.82, 2.24) is 14.6 Å². The Labute approximate surface area is 177 Å². The van der Waals surface area contributed by atoms with E-state index in [0.29, 0.717) is 21.9 Å². The van der Waals surface area contributed by atoms with Crippen molar-refractivity contribution in [1.29, 1.82) is 0 Å². The molecule has 0 aliphatic rings. The summed E-state index contributed by atoms with van der Waals surface area (Å²) in [6.07, 6.45) is 1.75. The smallest absolute Gasteiger partial charge is 0.336 e. The number of aryl methyl sites for hydroxylation is 1. The fourth-order valence-corrected chi connectivity index (χ4v) is 3.48. The molecular weight excluding hydrogens is 406 g/mol. The molecule has 0 spiro atoms. The zero-order valence-electron chi connectivity index (χ0n) is 17.3. The number of pyridine rings is 1. The largest absolute Gasteiger partial charge is 0.342 e. The third kappa shape index (κ3) is 7.33. The van der Waals surface area contributed by atoms with Gasteiger partial charge in [-0.2, -0.15) is 12.7 Å². The molecule has 1 aromatic carbocycles. The highest BCUT2D eigenvalue weighted by Gasteiger charge is 2.28. The Hall–Kier alpha value is -2.62. The quantitative estimate of drug-likeness (QED) is 0.556. The van der Waals surface area contributed by atoms with Gasteiger partial charge in [0.2, 0.25) is 0 Å². The first kappa shape index (κ1) is 23.7. The Balaban J connectivity index is 2.17. The Bertz CT molecular complexity index is 960. The van der Waals surface area contributed by atoms with Gasteiger partial charge in [0.25, 0.3) is 5.91 Å². The predicted octanol–water partition coefficient (Wildman–Crippen LogP) is 2.41. The van der Waals surface area contributed by atoms with Crippen molar-refractivity contribution >= 4 is 22.0 Å². The molecule has 0 saturated carbocycles. The third-order valence-electron chi connectivity index (χ3n) is 4.43.